The Morgan fingerprint density at radius 3 is 2.64 bits per heavy atom. The van der Waals surface area contributed by atoms with Crippen molar-refractivity contribution in [2.45, 2.75) is 14.0 Å². The van der Waals surface area contributed by atoms with Crippen LogP contribution < -0.4 is 10.1 Å². The average Bonchev–Trinajstić information content (AvgIpc) is 3.00. The fourth-order valence-corrected chi connectivity index (χ4v) is 4.12. The lowest BCUT2D eigenvalue weighted by Crippen LogP contribution is -2.07. The Labute approximate surface area is 212 Å². The molecule has 36 heavy (non-hydrogen) atoms. The molecule has 1 aliphatic heterocycles. The molecule has 0 aliphatic carbocycles. The minimum atomic E-state index is -1.11. The smallest absolute Gasteiger partial charge is 0.339 e. The van der Waals surface area contributed by atoms with Gasteiger partial charge in [0, 0.05) is 39.2 Å². The average molecular weight is 505 g/mol. The third kappa shape index (κ3) is 4.63. The second kappa shape index (κ2) is 10.1. The molecule has 2 N–H and O–H groups in total. The van der Waals surface area contributed by atoms with Crippen LogP contribution in [-0.2, 0) is 6.54 Å². The first-order valence-electron chi connectivity index (χ1n) is 10.6. The first kappa shape index (κ1) is 24.8. The van der Waals surface area contributed by atoms with Gasteiger partial charge >= 0.3 is 5.97 Å². The molecular formula is C27H22ClFN4O3. The highest BCUT2D eigenvalue weighted by Crippen LogP contribution is 2.34. The van der Waals surface area contributed by atoms with E-state index in [0.29, 0.717) is 33.2 Å². The first-order chi connectivity index (χ1) is 16.9. The largest absolute Gasteiger partial charge is 0.496 e. The Hall–Kier alpha value is -4.30. The van der Waals surface area contributed by atoms with Gasteiger partial charge in [-0.15, -0.1) is 0 Å². The summed E-state index contributed by atoms with van der Waals surface area (Å²) in [6.45, 7) is 0.247. The zero-order valence-corrected chi connectivity index (χ0v) is 19.2. The van der Waals surface area contributed by atoms with Crippen molar-refractivity contribution in [1.82, 2.24) is 9.97 Å². The van der Waals surface area contributed by atoms with Crippen LogP contribution in [0.2, 0.25) is 5.02 Å². The Kier molecular flexibility index (Phi) is 6.98. The highest BCUT2D eigenvalue weighted by Gasteiger charge is 2.23. The predicted molar refractivity (Wildman–Crippen MR) is 138 cm³/mol. The number of rotatable bonds is 5. The number of fused-ring (bicyclic) bond motifs is 3. The topological polar surface area (TPSA) is 96.7 Å². The van der Waals surface area contributed by atoms with Crippen LogP contribution >= 0.6 is 11.6 Å². The SMILES string of the molecule is C.COc1ccc(Nc2ncc3c(n2)-c2ccc(Cl)cc2C(c2ccccc2F)=NC3)cc1C(=O)O. The molecular weight excluding hydrogens is 483 g/mol. The number of nitrogens with zero attached hydrogens (tertiary/aromatic N) is 3. The summed E-state index contributed by atoms with van der Waals surface area (Å²) in [5.41, 5.74) is 4.11. The Balaban J connectivity index is 0.00000304. The molecule has 9 heteroatoms. The summed E-state index contributed by atoms with van der Waals surface area (Å²) >= 11 is 6.30. The lowest BCUT2D eigenvalue weighted by molar-refractivity contribution is 0.0693. The van der Waals surface area contributed by atoms with Crippen LogP contribution in [0.4, 0.5) is 16.0 Å². The molecule has 1 aliphatic rings. The number of aromatic nitrogens is 2. The summed E-state index contributed by atoms with van der Waals surface area (Å²) in [5.74, 6) is -0.989. The molecule has 0 saturated carbocycles. The van der Waals surface area contributed by atoms with Gasteiger partial charge in [0.25, 0.3) is 0 Å². The number of benzene rings is 3. The van der Waals surface area contributed by atoms with Crippen LogP contribution in [-0.4, -0.2) is 33.9 Å². The van der Waals surface area contributed by atoms with E-state index in [1.165, 1.54) is 19.2 Å². The summed E-state index contributed by atoms with van der Waals surface area (Å²) in [5, 5.41) is 13.0. The number of hydrogen-bond acceptors (Lipinski definition) is 6. The van der Waals surface area contributed by atoms with Gasteiger partial charge in [0.05, 0.1) is 25.1 Å². The highest BCUT2D eigenvalue weighted by atomic mass is 35.5. The normalized spacial score (nSPS) is 11.8. The van der Waals surface area contributed by atoms with Gasteiger partial charge in [-0.25, -0.2) is 19.2 Å². The van der Waals surface area contributed by atoms with Gasteiger partial charge in [0.1, 0.15) is 17.1 Å². The van der Waals surface area contributed by atoms with E-state index in [0.717, 1.165) is 11.1 Å². The number of halogens is 2. The minimum Gasteiger partial charge on any atom is -0.496 e. The van der Waals surface area contributed by atoms with Crippen molar-refractivity contribution >= 4 is 34.9 Å². The Morgan fingerprint density at radius 2 is 1.89 bits per heavy atom. The number of carbonyl (C=O) groups is 1. The zero-order chi connectivity index (χ0) is 24.5. The monoisotopic (exact) mass is 504 g/mol. The molecule has 0 fully saturated rings. The number of aliphatic imine (C=N–C) groups is 1. The molecule has 5 rings (SSSR count). The molecule has 3 aromatic carbocycles. The maximum atomic E-state index is 14.7. The molecule has 0 amide bonds. The van der Waals surface area contributed by atoms with E-state index >= 15 is 0 Å². The molecule has 0 unspecified atom stereocenters. The van der Waals surface area contributed by atoms with E-state index in [2.05, 4.69) is 15.3 Å². The van der Waals surface area contributed by atoms with Gasteiger partial charge in [-0.2, -0.15) is 0 Å². The second-order valence-electron chi connectivity index (χ2n) is 7.75. The fraction of sp³-hybridized carbons (Fsp3) is 0.111. The molecule has 1 aromatic heterocycles. The van der Waals surface area contributed by atoms with Crippen LogP contribution in [0.3, 0.4) is 0 Å². The molecule has 182 valence electrons. The molecule has 4 aromatic rings. The van der Waals surface area contributed by atoms with Crippen molar-refractivity contribution in [2.24, 2.45) is 4.99 Å². The lowest BCUT2D eigenvalue weighted by atomic mass is 9.95. The Morgan fingerprint density at radius 1 is 1.08 bits per heavy atom. The molecule has 0 atom stereocenters. The van der Waals surface area contributed by atoms with Crippen LogP contribution in [0.5, 0.6) is 5.75 Å². The summed E-state index contributed by atoms with van der Waals surface area (Å²) in [7, 11) is 1.41. The van der Waals surface area contributed by atoms with E-state index in [9.17, 15) is 14.3 Å². The van der Waals surface area contributed by atoms with Crippen molar-refractivity contribution in [3.05, 3.63) is 100.0 Å². The fourth-order valence-electron chi connectivity index (χ4n) is 3.95. The number of carboxylic acids is 1. The number of ether oxygens (including phenoxy) is 1. The van der Waals surface area contributed by atoms with E-state index < -0.39 is 5.97 Å². The summed E-state index contributed by atoms with van der Waals surface area (Å²) in [4.78, 5) is 25.3. The standard InChI is InChI=1S/C26H18ClFN4O3.CH4/c1-35-22-9-7-16(11-20(22)25(33)34)31-26-30-13-14-12-29-24(18-4-2-3-5-21(18)28)19-10-15(27)6-8-17(19)23(14)32-26;/h2-11,13H,12H2,1H3,(H,33,34)(H,30,31,32);1H4. The van der Waals surface area contributed by atoms with E-state index in [1.54, 1.807) is 48.7 Å². The van der Waals surface area contributed by atoms with Crippen LogP contribution in [0.15, 0.2) is 71.9 Å². The number of carboxylic acid groups (broad SMARTS) is 1. The summed E-state index contributed by atoms with van der Waals surface area (Å²) in [6, 6.07) is 16.4. The third-order valence-corrected chi connectivity index (χ3v) is 5.81. The minimum absolute atomic E-state index is 0. The van der Waals surface area contributed by atoms with Gasteiger partial charge in [-0.05, 0) is 42.5 Å². The van der Waals surface area contributed by atoms with E-state index in [-0.39, 0.29) is 37.0 Å². The Bertz CT molecular complexity index is 1510. The maximum Gasteiger partial charge on any atom is 0.339 e. The van der Waals surface area contributed by atoms with Crippen LogP contribution in [0.1, 0.15) is 34.5 Å². The van der Waals surface area contributed by atoms with Gasteiger partial charge in [0.2, 0.25) is 5.95 Å². The van der Waals surface area contributed by atoms with Gasteiger partial charge < -0.3 is 15.2 Å². The van der Waals surface area contributed by atoms with Crippen molar-refractivity contribution in [1.29, 1.82) is 0 Å². The van der Waals surface area contributed by atoms with E-state index in [1.807, 2.05) is 6.07 Å². The van der Waals surface area contributed by atoms with E-state index in [4.69, 9.17) is 21.3 Å². The van der Waals surface area contributed by atoms with Crippen molar-refractivity contribution < 1.29 is 19.0 Å². The molecule has 0 radical (unpaired) electrons. The zero-order valence-electron chi connectivity index (χ0n) is 18.4. The molecule has 0 spiro atoms. The van der Waals surface area contributed by atoms with Crippen molar-refractivity contribution in [2.75, 3.05) is 12.4 Å². The molecule has 2 heterocycles. The van der Waals surface area contributed by atoms with Gasteiger partial charge in [-0.1, -0.05) is 37.2 Å². The summed E-state index contributed by atoms with van der Waals surface area (Å²) < 4.78 is 19.8. The van der Waals surface area contributed by atoms with Crippen LogP contribution in [0.25, 0.3) is 11.3 Å². The number of anilines is 2. The maximum absolute atomic E-state index is 14.7. The van der Waals surface area contributed by atoms with Gasteiger partial charge in [0.15, 0.2) is 0 Å². The molecule has 0 bridgehead atoms. The number of nitrogens with one attached hydrogen (secondary N) is 1. The highest BCUT2D eigenvalue weighted by molar-refractivity contribution is 6.31. The number of hydrogen-bond donors (Lipinski definition) is 2. The quantitative estimate of drug-likeness (QED) is 0.327. The first-order valence-corrected chi connectivity index (χ1v) is 11.0. The van der Waals surface area contributed by atoms with Crippen molar-refractivity contribution in [3.63, 3.8) is 0 Å². The molecule has 7 nitrogen and oxygen atoms in total. The third-order valence-electron chi connectivity index (χ3n) is 5.58. The number of methoxy groups -OCH3 is 1. The predicted octanol–water partition coefficient (Wildman–Crippen LogP) is 6.37. The van der Waals surface area contributed by atoms with Crippen LogP contribution in [0, 0.1) is 5.82 Å². The van der Waals surface area contributed by atoms with Crippen molar-refractivity contribution in [3.8, 4) is 17.0 Å². The lowest BCUT2D eigenvalue weighted by Gasteiger charge is -2.13. The second-order valence-corrected chi connectivity index (χ2v) is 8.18. The number of aromatic carboxylic acids is 1. The molecule has 0 saturated heterocycles. The van der Waals surface area contributed by atoms with Gasteiger partial charge in [-0.3, -0.25) is 4.99 Å². The summed E-state index contributed by atoms with van der Waals surface area (Å²) in [6.07, 6.45) is 1.65.